The third-order valence-electron chi connectivity index (χ3n) is 5.68. The topological polar surface area (TPSA) is 59.4 Å². The predicted molar refractivity (Wildman–Crippen MR) is 107 cm³/mol. The average molecular weight is 377 g/mol. The van der Waals surface area contributed by atoms with Crippen molar-refractivity contribution in [3.63, 3.8) is 0 Å². The lowest BCUT2D eigenvalue weighted by atomic mass is 10.1. The lowest BCUT2D eigenvalue weighted by Gasteiger charge is -2.19. The molecule has 1 fully saturated rings. The number of carbonyl (C=O) groups excluding carboxylic acids is 1. The maximum Gasteiger partial charge on any atom is 0.220 e. The Bertz CT molecular complexity index is 604. The first-order valence-corrected chi connectivity index (χ1v) is 10.8. The Labute approximate surface area is 163 Å². The summed E-state index contributed by atoms with van der Waals surface area (Å²) in [7, 11) is 0. The molecule has 2 aliphatic heterocycles. The quantitative estimate of drug-likeness (QED) is 0.709. The zero-order valence-electron chi connectivity index (χ0n) is 17.1. The Morgan fingerprint density at radius 3 is 2.74 bits per heavy atom. The van der Waals surface area contributed by atoms with Gasteiger partial charge in [-0.25, -0.2) is 0 Å². The lowest BCUT2D eigenvalue weighted by molar-refractivity contribution is -0.121. The number of aryl methyl sites for hydroxylation is 1. The second kappa shape index (κ2) is 10.2. The molecule has 152 valence electrons. The second-order valence-corrected chi connectivity index (χ2v) is 8.17. The fourth-order valence-electron chi connectivity index (χ4n) is 4.17. The summed E-state index contributed by atoms with van der Waals surface area (Å²) < 4.78 is 7.74. The van der Waals surface area contributed by atoms with Crippen LogP contribution in [0.5, 0.6) is 0 Å². The highest BCUT2D eigenvalue weighted by molar-refractivity contribution is 5.76. The zero-order chi connectivity index (χ0) is 19.1. The van der Waals surface area contributed by atoms with Crippen LogP contribution < -0.4 is 5.32 Å². The third-order valence-corrected chi connectivity index (χ3v) is 5.68. The first-order chi connectivity index (χ1) is 13.1. The number of amides is 1. The molecule has 3 rings (SSSR count). The van der Waals surface area contributed by atoms with Crippen LogP contribution in [0.1, 0.15) is 75.4 Å². The van der Waals surface area contributed by atoms with Gasteiger partial charge in [-0.15, -0.1) is 0 Å². The van der Waals surface area contributed by atoms with Crippen LogP contribution in [0.3, 0.4) is 0 Å². The smallest absolute Gasteiger partial charge is 0.220 e. The highest BCUT2D eigenvalue weighted by Gasteiger charge is 2.22. The average Bonchev–Trinajstić information content (AvgIpc) is 2.84. The van der Waals surface area contributed by atoms with Crippen molar-refractivity contribution >= 4 is 5.91 Å². The molecule has 0 aromatic carbocycles. The molecule has 2 aliphatic rings. The van der Waals surface area contributed by atoms with Crippen LogP contribution >= 0.6 is 0 Å². The molecule has 0 spiro atoms. The molecule has 6 heteroatoms. The Balaban J connectivity index is 1.40. The van der Waals surface area contributed by atoms with E-state index in [9.17, 15) is 4.79 Å². The van der Waals surface area contributed by atoms with Gasteiger partial charge >= 0.3 is 0 Å². The zero-order valence-corrected chi connectivity index (χ0v) is 17.1. The van der Waals surface area contributed by atoms with Gasteiger partial charge in [-0.2, -0.15) is 5.10 Å². The van der Waals surface area contributed by atoms with Gasteiger partial charge in [0.1, 0.15) is 0 Å². The molecule has 0 radical (unpaired) electrons. The fourth-order valence-corrected chi connectivity index (χ4v) is 4.17. The Morgan fingerprint density at radius 1 is 1.22 bits per heavy atom. The number of nitrogens with one attached hydrogen (secondary N) is 1. The van der Waals surface area contributed by atoms with Crippen LogP contribution in [0.2, 0.25) is 0 Å². The molecule has 0 unspecified atom stereocenters. The van der Waals surface area contributed by atoms with E-state index in [1.807, 2.05) is 0 Å². The Kier molecular flexibility index (Phi) is 7.70. The van der Waals surface area contributed by atoms with Crippen molar-refractivity contribution in [3.8, 4) is 0 Å². The van der Waals surface area contributed by atoms with E-state index < -0.39 is 0 Å². The van der Waals surface area contributed by atoms with Crippen LogP contribution in [0.4, 0.5) is 0 Å². The third kappa shape index (κ3) is 5.79. The number of aromatic nitrogens is 2. The molecular weight excluding hydrogens is 340 g/mol. The maximum atomic E-state index is 12.2. The summed E-state index contributed by atoms with van der Waals surface area (Å²) in [4.78, 5) is 14.8. The minimum Gasteiger partial charge on any atom is -0.376 e. The predicted octanol–water partition coefficient (Wildman–Crippen LogP) is 2.85. The van der Waals surface area contributed by atoms with Crippen LogP contribution in [0.25, 0.3) is 0 Å². The summed E-state index contributed by atoms with van der Waals surface area (Å²) >= 11 is 0. The summed E-state index contributed by atoms with van der Waals surface area (Å²) in [5.74, 6) is 0.135. The van der Waals surface area contributed by atoms with E-state index in [0.29, 0.717) is 25.5 Å². The van der Waals surface area contributed by atoms with Crippen molar-refractivity contribution in [2.45, 2.75) is 77.9 Å². The summed E-state index contributed by atoms with van der Waals surface area (Å²) in [6.45, 7) is 10.0. The van der Waals surface area contributed by atoms with E-state index in [-0.39, 0.29) is 5.91 Å². The molecule has 0 atom stereocenters. The van der Waals surface area contributed by atoms with Gasteiger partial charge in [-0.3, -0.25) is 9.48 Å². The molecule has 0 saturated carbocycles. The van der Waals surface area contributed by atoms with Crippen LogP contribution in [0.15, 0.2) is 0 Å². The van der Waals surface area contributed by atoms with Crippen LogP contribution in [0, 0.1) is 0 Å². The molecule has 1 saturated heterocycles. The van der Waals surface area contributed by atoms with Gasteiger partial charge in [-0.1, -0.05) is 12.8 Å². The molecule has 1 aromatic heterocycles. The molecule has 1 aromatic rings. The first kappa shape index (κ1) is 20.3. The number of ether oxygens (including phenoxy) is 1. The van der Waals surface area contributed by atoms with E-state index in [1.54, 1.807) is 0 Å². The van der Waals surface area contributed by atoms with Gasteiger partial charge in [0.2, 0.25) is 5.91 Å². The van der Waals surface area contributed by atoms with Crippen molar-refractivity contribution in [2.75, 3.05) is 32.8 Å². The number of hydrogen-bond acceptors (Lipinski definition) is 4. The van der Waals surface area contributed by atoms with E-state index in [0.717, 1.165) is 38.2 Å². The summed E-state index contributed by atoms with van der Waals surface area (Å²) in [6.07, 6.45) is 8.55. The number of nitrogens with zero attached hydrogens (tertiary/aromatic N) is 3. The van der Waals surface area contributed by atoms with E-state index >= 15 is 0 Å². The fraction of sp³-hybridized carbons (Fsp3) is 0.810. The van der Waals surface area contributed by atoms with Gasteiger partial charge in [0.25, 0.3) is 0 Å². The van der Waals surface area contributed by atoms with Gasteiger partial charge in [0.15, 0.2) is 0 Å². The lowest BCUT2D eigenvalue weighted by Crippen LogP contribution is -2.30. The summed E-state index contributed by atoms with van der Waals surface area (Å²) in [6, 6.07) is 0.346. The van der Waals surface area contributed by atoms with Crippen molar-refractivity contribution < 1.29 is 9.53 Å². The summed E-state index contributed by atoms with van der Waals surface area (Å²) in [5, 5.41) is 7.87. The highest BCUT2D eigenvalue weighted by atomic mass is 16.5. The second-order valence-electron chi connectivity index (χ2n) is 8.17. The Morgan fingerprint density at radius 2 is 2.00 bits per heavy atom. The molecular formula is C21H36N4O2. The van der Waals surface area contributed by atoms with Crippen molar-refractivity contribution in [1.29, 1.82) is 0 Å². The largest absolute Gasteiger partial charge is 0.376 e. The monoisotopic (exact) mass is 376 g/mol. The molecule has 1 N–H and O–H groups in total. The van der Waals surface area contributed by atoms with Crippen LogP contribution in [-0.2, 0) is 29.0 Å². The number of fused-ring (bicyclic) bond motifs is 1. The molecule has 1 amide bonds. The van der Waals surface area contributed by atoms with Gasteiger partial charge < -0.3 is 15.0 Å². The van der Waals surface area contributed by atoms with Crippen LogP contribution in [-0.4, -0.2) is 53.4 Å². The van der Waals surface area contributed by atoms with E-state index in [4.69, 9.17) is 9.84 Å². The van der Waals surface area contributed by atoms with Gasteiger partial charge in [0, 0.05) is 43.1 Å². The minimum atomic E-state index is 0.135. The molecule has 3 heterocycles. The number of likely N-dealkylation sites (tertiary alicyclic amines) is 1. The number of carbonyl (C=O) groups is 1. The molecule has 27 heavy (non-hydrogen) atoms. The molecule has 0 bridgehead atoms. The minimum absolute atomic E-state index is 0.135. The molecule has 0 aliphatic carbocycles. The van der Waals surface area contributed by atoms with Gasteiger partial charge in [0.05, 0.1) is 18.9 Å². The van der Waals surface area contributed by atoms with Gasteiger partial charge in [-0.05, 0) is 52.7 Å². The first-order valence-electron chi connectivity index (χ1n) is 10.8. The highest BCUT2D eigenvalue weighted by Crippen LogP contribution is 2.24. The summed E-state index contributed by atoms with van der Waals surface area (Å²) in [5.41, 5.74) is 3.55. The number of rotatable bonds is 8. The Hall–Kier alpha value is -1.40. The van der Waals surface area contributed by atoms with E-state index in [1.165, 1.54) is 50.0 Å². The van der Waals surface area contributed by atoms with Crippen molar-refractivity contribution in [3.05, 3.63) is 17.0 Å². The van der Waals surface area contributed by atoms with E-state index in [2.05, 4.69) is 28.7 Å². The normalized spacial score (nSPS) is 18.3. The SMILES string of the molecule is CC(C)n1nc(CCC(=O)NCCCN2CCCCCC2)c2c1CCOC2. The number of hydrogen-bond donors (Lipinski definition) is 1. The standard InChI is InChI=1S/C21H36N4O2/c1-17(2)25-20-10-15-27-16-18(20)19(23-25)8-9-21(26)22-11-7-14-24-12-5-3-4-6-13-24/h17H,3-16H2,1-2H3,(H,22,26). The van der Waals surface area contributed by atoms with Crippen molar-refractivity contribution in [1.82, 2.24) is 20.0 Å². The molecule has 6 nitrogen and oxygen atoms in total. The van der Waals surface area contributed by atoms with Crippen molar-refractivity contribution in [2.24, 2.45) is 0 Å². The maximum absolute atomic E-state index is 12.2.